The zero-order valence-corrected chi connectivity index (χ0v) is 9.74. The zero-order chi connectivity index (χ0) is 12.2. The van der Waals surface area contributed by atoms with Crippen LogP contribution >= 0.6 is 0 Å². The van der Waals surface area contributed by atoms with Gasteiger partial charge < -0.3 is 5.32 Å². The number of nitrogens with one attached hydrogen (secondary N) is 1. The molecule has 0 fully saturated rings. The summed E-state index contributed by atoms with van der Waals surface area (Å²) in [5, 5.41) is 11.5. The monoisotopic (exact) mass is 217 g/mol. The molecule has 0 spiro atoms. The second kappa shape index (κ2) is 4.75. The van der Waals surface area contributed by atoms with Gasteiger partial charge >= 0.3 is 0 Å². The number of carbonyl (C=O) groups excluding carboxylic acids is 1. The van der Waals surface area contributed by atoms with Crippen LogP contribution in [0.1, 0.15) is 29.8 Å². The number of nitriles is 1. The Balaban J connectivity index is 2.64. The van der Waals surface area contributed by atoms with Crippen molar-refractivity contribution in [2.24, 2.45) is 5.41 Å². The largest absolute Gasteiger partial charge is 0.350 e. The fourth-order valence-corrected chi connectivity index (χ4v) is 1.12. The Labute approximate surface area is 95.3 Å². The summed E-state index contributed by atoms with van der Waals surface area (Å²) in [5.74, 6) is -0.195. The fourth-order valence-electron chi connectivity index (χ4n) is 1.12. The van der Waals surface area contributed by atoms with E-state index < -0.39 is 5.41 Å². The summed E-state index contributed by atoms with van der Waals surface area (Å²) < 4.78 is 0. The molecule has 0 aliphatic rings. The van der Waals surface area contributed by atoms with Crippen molar-refractivity contribution in [3.8, 4) is 6.07 Å². The molecule has 0 radical (unpaired) electrons. The maximum atomic E-state index is 11.7. The van der Waals surface area contributed by atoms with Crippen LogP contribution in [0.5, 0.6) is 0 Å². The van der Waals surface area contributed by atoms with Crippen LogP contribution in [0, 0.1) is 23.7 Å². The van der Waals surface area contributed by atoms with Crippen molar-refractivity contribution in [1.29, 1.82) is 5.26 Å². The summed E-state index contributed by atoms with van der Waals surface area (Å²) in [6, 6.07) is 3.89. The molecule has 0 atom stereocenters. The summed E-state index contributed by atoms with van der Waals surface area (Å²) in [6.07, 6.45) is 3.21. The second-order valence-electron chi connectivity index (χ2n) is 4.43. The number of nitrogens with zero attached hydrogens (tertiary/aromatic N) is 2. The van der Waals surface area contributed by atoms with Gasteiger partial charge in [-0.1, -0.05) is 0 Å². The van der Waals surface area contributed by atoms with Crippen molar-refractivity contribution in [3.63, 3.8) is 0 Å². The van der Waals surface area contributed by atoms with E-state index in [1.54, 1.807) is 26.1 Å². The van der Waals surface area contributed by atoms with Crippen molar-refractivity contribution in [2.75, 3.05) is 6.54 Å². The minimum atomic E-state index is -0.549. The van der Waals surface area contributed by atoms with Crippen LogP contribution in [0.2, 0.25) is 0 Å². The third-order valence-corrected chi connectivity index (χ3v) is 2.13. The molecule has 0 aliphatic carbocycles. The van der Waals surface area contributed by atoms with Crippen LogP contribution in [0.25, 0.3) is 0 Å². The molecule has 16 heavy (non-hydrogen) atoms. The van der Waals surface area contributed by atoms with Gasteiger partial charge in [0.05, 0.1) is 17.0 Å². The van der Waals surface area contributed by atoms with E-state index in [0.29, 0.717) is 12.1 Å². The average molecular weight is 217 g/mol. The third-order valence-electron chi connectivity index (χ3n) is 2.13. The highest BCUT2D eigenvalue weighted by Gasteiger charge is 2.18. The van der Waals surface area contributed by atoms with Crippen molar-refractivity contribution in [2.45, 2.75) is 20.8 Å². The van der Waals surface area contributed by atoms with Crippen LogP contribution in [-0.4, -0.2) is 17.4 Å². The Morgan fingerprint density at radius 3 is 2.81 bits per heavy atom. The molecule has 1 aromatic rings. The van der Waals surface area contributed by atoms with Crippen molar-refractivity contribution < 1.29 is 4.79 Å². The smallest absolute Gasteiger partial charge is 0.252 e. The van der Waals surface area contributed by atoms with Crippen molar-refractivity contribution >= 4 is 5.91 Å². The molecular weight excluding hydrogens is 202 g/mol. The molecule has 0 bridgehead atoms. The highest BCUT2D eigenvalue weighted by atomic mass is 16.1. The number of carbonyl (C=O) groups is 1. The number of amides is 1. The molecule has 1 rings (SSSR count). The highest BCUT2D eigenvalue weighted by Crippen LogP contribution is 2.11. The Morgan fingerprint density at radius 1 is 1.56 bits per heavy atom. The molecule has 1 aromatic heterocycles. The van der Waals surface area contributed by atoms with Crippen LogP contribution in [0.15, 0.2) is 18.5 Å². The maximum Gasteiger partial charge on any atom is 0.252 e. The van der Waals surface area contributed by atoms with Gasteiger partial charge in [-0.05, 0) is 32.4 Å². The molecule has 1 heterocycles. The van der Waals surface area contributed by atoms with E-state index in [1.165, 1.54) is 6.20 Å². The standard InChI is InChI=1S/C12H15N3O/c1-9-4-10(6-14-5-9)11(16)15-8-12(2,3)7-13/h4-6H,8H2,1-3H3,(H,15,16). The Bertz CT molecular complexity index is 432. The van der Waals surface area contributed by atoms with Gasteiger partial charge in [-0.2, -0.15) is 5.26 Å². The topological polar surface area (TPSA) is 65.8 Å². The molecular formula is C12H15N3O. The Kier molecular flexibility index (Phi) is 3.62. The van der Waals surface area contributed by atoms with Crippen molar-refractivity contribution in [3.05, 3.63) is 29.6 Å². The molecule has 0 saturated carbocycles. The van der Waals surface area contributed by atoms with E-state index in [0.717, 1.165) is 5.56 Å². The van der Waals surface area contributed by atoms with Gasteiger partial charge in [0, 0.05) is 18.9 Å². The average Bonchev–Trinajstić information content (AvgIpc) is 2.26. The first kappa shape index (κ1) is 12.2. The molecule has 4 nitrogen and oxygen atoms in total. The number of hydrogen-bond acceptors (Lipinski definition) is 3. The summed E-state index contributed by atoms with van der Waals surface area (Å²) in [4.78, 5) is 15.6. The summed E-state index contributed by atoms with van der Waals surface area (Å²) >= 11 is 0. The molecule has 0 aromatic carbocycles. The highest BCUT2D eigenvalue weighted by molar-refractivity contribution is 5.94. The molecule has 0 saturated heterocycles. The van der Waals surface area contributed by atoms with E-state index in [4.69, 9.17) is 5.26 Å². The van der Waals surface area contributed by atoms with E-state index in [2.05, 4.69) is 16.4 Å². The first-order valence-electron chi connectivity index (χ1n) is 5.06. The van der Waals surface area contributed by atoms with Crippen LogP contribution in [-0.2, 0) is 0 Å². The molecule has 4 heteroatoms. The number of aryl methyl sites for hydroxylation is 1. The van der Waals surface area contributed by atoms with Crippen molar-refractivity contribution in [1.82, 2.24) is 10.3 Å². The Hall–Kier alpha value is -1.89. The quantitative estimate of drug-likeness (QED) is 0.837. The Morgan fingerprint density at radius 2 is 2.25 bits per heavy atom. The summed E-state index contributed by atoms with van der Waals surface area (Å²) in [7, 11) is 0. The molecule has 1 N–H and O–H groups in total. The number of pyridine rings is 1. The minimum Gasteiger partial charge on any atom is -0.350 e. The van der Waals surface area contributed by atoms with Gasteiger partial charge in [-0.25, -0.2) is 0 Å². The van der Waals surface area contributed by atoms with Gasteiger partial charge in [-0.3, -0.25) is 9.78 Å². The van der Waals surface area contributed by atoms with Crippen LogP contribution in [0.4, 0.5) is 0 Å². The van der Waals surface area contributed by atoms with Gasteiger partial charge in [0.15, 0.2) is 0 Å². The number of hydrogen-bond donors (Lipinski definition) is 1. The predicted molar refractivity (Wildman–Crippen MR) is 60.7 cm³/mol. The summed E-state index contributed by atoms with van der Waals surface area (Å²) in [5.41, 5.74) is 0.911. The number of aromatic nitrogens is 1. The van der Waals surface area contributed by atoms with Crippen LogP contribution in [0.3, 0.4) is 0 Å². The van der Waals surface area contributed by atoms with E-state index in [9.17, 15) is 4.79 Å². The lowest BCUT2D eigenvalue weighted by atomic mass is 9.96. The second-order valence-corrected chi connectivity index (χ2v) is 4.43. The fraction of sp³-hybridized carbons (Fsp3) is 0.417. The molecule has 0 aliphatic heterocycles. The lowest BCUT2D eigenvalue weighted by Gasteiger charge is -2.15. The van der Waals surface area contributed by atoms with E-state index >= 15 is 0 Å². The first-order chi connectivity index (χ1) is 7.44. The van der Waals surface area contributed by atoms with E-state index in [1.807, 2.05) is 6.92 Å². The summed E-state index contributed by atoms with van der Waals surface area (Å²) in [6.45, 7) is 5.77. The first-order valence-corrected chi connectivity index (χ1v) is 5.06. The lowest BCUT2D eigenvalue weighted by Crippen LogP contribution is -2.33. The third kappa shape index (κ3) is 3.35. The lowest BCUT2D eigenvalue weighted by molar-refractivity contribution is 0.0943. The van der Waals surface area contributed by atoms with Gasteiger partial charge in [0.25, 0.3) is 5.91 Å². The van der Waals surface area contributed by atoms with Gasteiger partial charge in [0.2, 0.25) is 0 Å². The molecule has 84 valence electrons. The zero-order valence-electron chi connectivity index (χ0n) is 9.74. The number of rotatable bonds is 3. The van der Waals surface area contributed by atoms with Gasteiger partial charge in [0.1, 0.15) is 0 Å². The SMILES string of the molecule is Cc1cncc(C(=O)NCC(C)(C)C#N)c1. The normalized spacial score (nSPS) is 10.6. The van der Waals surface area contributed by atoms with E-state index in [-0.39, 0.29) is 5.91 Å². The molecule has 0 unspecified atom stereocenters. The maximum absolute atomic E-state index is 11.7. The molecule has 1 amide bonds. The predicted octanol–water partition coefficient (Wildman–Crippen LogP) is 1.67. The van der Waals surface area contributed by atoms with Gasteiger partial charge in [-0.15, -0.1) is 0 Å². The van der Waals surface area contributed by atoms with Crippen LogP contribution < -0.4 is 5.32 Å². The minimum absolute atomic E-state index is 0.195.